The first-order chi connectivity index (χ1) is 10.4. The van der Waals surface area contributed by atoms with Crippen molar-refractivity contribution in [1.29, 1.82) is 5.26 Å². The second-order valence-corrected chi connectivity index (χ2v) is 6.45. The van der Waals surface area contributed by atoms with Crippen LogP contribution in [-0.2, 0) is 10.0 Å². The van der Waals surface area contributed by atoms with Gasteiger partial charge in [0.2, 0.25) is 0 Å². The Hall–Kier alpha value is -2.65. The molecule has 1 N–H and O–H groups in total. The van der Waals surface area contributed by atoms with Crippen LogP contribution in [0.5, 0.6) is 0 Å². The predicted octanol–water partition coefficient (Wildman–Crippen LogP) is 2.57. The number of hydrazone groups is 1. The number of hydrogen-bond donors (Lipinski definition) is 1. The number of sulfonamides is 1. The fraction of sp³-hybridized carbons (Fsp3) is 0.125. The molecule has 2 rings (SSSR count). The highest BCUT2D eigenvalue weighted by molar-refractivity contribution is 7.89. The Morgan fingerprint density at radius 2 is 1.68 bits per heavy atom. The molecule has 0 radical (unpaired) electrons. The minimum atomic E-state index is -3.68. The number of nitrogens with zero attached hydrogens (tertiary/aromatic N) is 2. The quantitative estimate of drug-likeness (QED) is 0.695. The van der Waals surface area contributed by atoms with E-state index in [4.69, 9.17) is 5.26 Å². The maximum Gasteiger partial charge on any atom is 0.276 e. The summed E-state index contributed by atoms with van der Waals surface area (Å²) in [5, 5.41) is 12.7. The third kappa shape index (κ3) is 3.71. The number of nitrogens with one attached hydrogen (secondary N) is 1. The van der Waals surface area contributed by atoms with E-state index < -0.39 is 10.0 Å². The number of nitriles is 1. The Balaban J connectivity index is 2.18. The molecule has 0 aliphatic heterocycles. The zero-order chi connectivity index (χ0) is 16.2. The van der Waals surface area contributed by atoms with Gasteiger partial charge in [-0.05, 0) is 43.7 Å². The van der Waals surface area contributed by atoms with Crippen LogP contribution in [-0.4, -0.2) is 14.1 Å². The van der Waals surface area contributed by atoms with Crippen molar-refractivity contribution < 1.29 is 8.42 Å². The summed E-state index contributed by atoms with van der Waals surface area (Å²) < 4.78 is 24.2. The van der Waals surface area contributed by atoms with Crippen molar-refractivity contribution >= 4 is 15.7 Å². The largest absolute Gasteiger partial charge is 0.276 e. The van der Waals surface area contributed by atoms with Crippen LogP contribution in [0.1, 0.15) is 23.6 Å². The standard InChI is InChI=1S/C16H15N3O2S/c1-12-3-9-16(10-4-12)22(20,21)19-18-13(2)15-7-5-14(11-17)6-8-15/h3-10,19H,1-2H3/b18-13-. The topological polar surface area (TPSA) is 82.3 Å². The van der Waals surface area contributed by atoms with Crippen LogP contribution >= 0.6 is 0 Å². The third-order valence-corrected chi connectivity index (χ3v) is 4.32. The molecule has 0 unspecified atom stereocenters. The van der Waals surface area contributed by atoms with Crippen LogP contribution in [0.15, 0.2) is 58.5 Å². The van der Waals surface area contributed by atoms with E-state index in [9.17, 15) is 8.42 Å². The fourth-order valence-corrected chi connectivity index (χ4v) is 2.61. The van der Waals surface area contributed by atoms with Crippen molar-refractivity contribution in [3.05, 3.63) is 65.2 Å². The van der Waals surface area contributed by atoms with Gasteiger partial charge in [0.15, 0.2) is 0 Å². The lowest BCUT2D eigenvalue weighted by Crippen LogP contribution is -2.19. The van der Waals surface area contributed by atoms with E-state index in [1.165, 1.54) is 12.1 Å². The van der Waals surface area contributed by atoms with Crippen LogP contribution in [0.25, 0.3) is 0 Å². The maximum atomic E-state index is 12.1. The first-order valence-corrected chi connectivity index (χ1v) is 8.04. The highest BCUT2D eigenvalue weighted by atomic mass is 32.2. The van der Waals surface area contributed by atoms with Gasteiger partial charge in [0.1, 0.15) is 0 Å². The molecule has 2 aromatic carbocycles. The van der Waals surface area contributed by atoms with Gasteiger partial charge in [0, 0.05) is 0 Å². The number of aryl methyl sites for hydroxylation is 1. The summed E-state index contributed by atoms with van der Waals surface area (Å²) in [6, 6.07) is 15.3. The summed E-state index contributed by atoms with van der Waals surface area (Å²) in [5.74, 6) is 0. The molecule has 0 saturated carbocycles. The first kappa shape index (κ1) is 15.7. The molecule has 0 aliphatic carbocycles. The van der Waals surface area contributed by atoms with Gasteiger partial charge < -0.3 is 0 Å². The van der Waals surface area contributed by atoms with Crippen molar-refractivity contribution in [3.8, 4) is 6.07 Å². The molecular formula is C16H15N3O2S. The lowest BCUT2D eigenvalue weighted by Gasteiger charge is -2.06. The second kappa shape index (κ2) is 6.41. The molecule has 5 nitrogen and oxygen atoms in total. The highest BCUT2D eigenvalue weighted by Crippen LogP contribution is 2.10. The number of rotatable bonds is 4. The summed E-state index contributed by atoms with van der Waals surface area (Å²) in [4.78, 5) is 2.38. The van der Waals surface area contributed by atoms with Gasteiger partial charge >= 0.3 is 0 Å². The van der Waals surface area contributed by atoms with Gasteiger partial charge in [0.25, 0.3) is 10.0 Å². The van der Waals surface area contributed by atoms with Crippen LogP contribution in [0.4, 0.5) is 0 Å². The average molecular weight is 313 g/mol. The summed E-state index contributed by atoms with van der Waals surface area (Å²) in [7, 11) is -3.68. The smallest absolute Gasteiger partial charge is 0.200 e. The molecule has 0 atom stereocenters. The van der Waals surface area contributed by atoms with E-state index in [2.05, 4.69) is 9.93 Å². The van der Waals surface area contributed by atoms with Gasteiger partial charge in [-0.2, -0.15) is 23.6 Å². The monoisotopic (exact) mass is 313 g/mol. The highest BCUT2D eigenvalue weighted by Gasteiger charge is 2.12. The third-order valence-electron chi connectivity index (χ3n) is 3.10. The Morgan fingerprint density at radius 3 is 2.23 bits per heavy atom. The number of hydrogen-bond acceptors (Lipinski definition) is 4. The van der Waals surface area contributed by atoms with Gasteiger partial charge in [-0.25, -0.2) is 0 Å². The van der Waals surface area contributed by atoms with E-state index in [1.54, 1.807) is 43.3 Å². The predicted molar refractivity (Wildman–Crippen MR) is 84.9 cm³/mol. The molecule has 0 amide bonds. The lowest BCUT2D eigenvalue weighted by atomic mass is 10.1. The molecule has 0 fully saturated rings. The lowest BCUT2D eigenvalue weighted by molar-refractivity contribution is 0.584. The van der Waals surface area contributed by atoms with Crippen molar-refractivity contribution in [1.82, 2.24) is 4.83 Å². The van der Waals surface area contributed by atoms with Crippen molar-refractivity contribution in [3.63, 3.8) is 0 Å². The molecule has 0 saturated heterocycles. The van der Waals surface area contributed by atoms with Crippen LogP contribution in [0.3, 0.4) is 0 Å². The van der Waals surface area contributed by atoms with E-state index in [1.807, 2.05) is 13.0 Å². The Labute approximate surface area is 130 Å². The molecular weight excluding hydrogens is 298 g/mol. The van der Waals surface area contributed by atoms with Gasteiger partial charge in [-0.3, -0.25) is 0 Å². The van der Waals surface area contributed by atoms with Gasteiger partial charge in [0.05, 0.1) is 22.2 Å². The zero-order valence-corrected chi connectivity index (χ0v) is 13.1. The molecule has 0 aliphatic rings. The zero-order valence-electron chi connectivity index (χ0n) is 12.2. The Bertz CT molecular complexity index is 830. The molecule has 0 aromatic heterocycles. The fourth-order valence-electron chi connectivity index (χ4n) is 1.75. The van der Waals surface area contributed by atoms with E-state index in [-0.39, 0.29) is 4.90 Å². The van der Waals surface area contributed by atoms with Crippen molar-refractivity contribution in [2.24, 2.45) is 5.10 Å². The minimum absolute atomic E-state index is 0.162. The second-order valence-electron chi connectivity index (χ2n) is 4.79. The van der Waals surface area contributed by atoms with E-state index in [0.29, 0.717) is 11.3 Å². The Morgan fingerprint density at radius 1 is 1.09 bits per heavy atom. The molecule has 2 aromatic rings. The summed E-state index contributed by atoms with van der Waals surface area (Å²) in [6.07, 6.45) is 0. The molecule has 22 heavy (non-hydrogen) atoms. The molecule has 0 bridgehead atoms. The van der Waals surface area contributed by atoms with Crippen molar-refractivity contribution in [2.45, 2.75) is 18.7 Å². The average Bonchev–Trinajstić information content (AvgIpc) is 2.53. The Kier molecular flexibility index (Phi) is 4.59. The van der Waals surface area contributed by atoms with E-state index in [0.717, 1.165) is 11.1 Å². The van der Waals surface area contributed by atoms with Crippen LogP contribution in [0, 0.1) is 18.3 Å². The van der Waals surface area contributed by atoms with Crippen LogP contribution in [0.2, 0.25) is 0 Å². The van der Waals surface area contributed by atoms with E-state index >= 15 is 0 Å². The van der Waals surface area contributed by atoms with Crippen LogP contribution < -0.4 is 4.83 Å². The first-order valence-electron chi connectivity index (χ1n) is 6.56. The number of benzene rings is 2. The molecule has 112 valence electrons. The molecule has 6 heteroatoms. The van der Waals surface area contributed by atoms with Gasteiger partial charge in [-0.15, -0.1) is 0 Å². The molecule has 0 spiro atoms. The minimum Gasteiger partial charge on any atom is -0.200 e. The van der Waals surface area contributed by atoms with Crippen molar-refractivity contribution in [2.75, 3.05) is 0 Å². The summed E-state index contributed by atoms with van der Waals surface area (Å²) in [5.41, 5.74) is 2.78. The summed E-state index contributed by atoms with van der Waals surface area (Å²) >= 11 is 0. The maximum absolute atomic E-state index is 12.1. The van der Waals surface area contributed by atoms with Gasteiger partial charge in [-0.1, -0.05) is 29.8 Å². The summed E-state index contributed by atoms with van der Waals surface area (Å²) in [6.45, 7) is 3.58. The molecule has 0 heterocycles. The SMILES string of the molecule is C/C(=N/NS(=O)(=O)c1ccc(C)cc1)c1ccc(C#N)cc1. The normalized spacial score (nSPS) is 11.8.